The largest absolute Gasteiger partial charge is 0.444 e. The molecule has 0 radical (unpaired) electrons. The second kappa shape index (κ2) is 7.09. The summed E-state index contributed by atoms with van der Waals surface area (Å²) in [5.41, 5.74) is 5.76. The van der Waals surface area contributed by atoms with Crippen LogP contribution < -0.4 is 5.73 Å². The molecular formula is C14H23N3O3. The summed E-state index contributed by atoms with van der Waals surface area (Å²) in [6.07, 6.45) is 0.0665. The number of rotatable bonds is 5. The average Bonchev–Trinajstić information content (AvgIpc) is 2.32. The van der Waals surface area contributed by atoms with Crippen molar-refractivity contribution in [1.82, 2.24) is 9.88 Å². The lowest BCUT2D eigenvalue weighted by molar-refractivity contribution is 0.0221. The standard InChI is InChI=1S/C14H23N3O3/c1-14(2,3)20-13(19)17(8-5-9-18)10-11-6-4-7-12(15)16-11/h4,6-7,18H,5,8-10H2,1-3H3,(H2,15,16). The monoisotopic (exact) mass is 281 g/mol. The van der Waals surface area contributed by atoms with E-state index in [1.54, 1.807) is 18.2 Å². The topological polar surface area (TPSA) is 88.7 Å². The number of nitrogen functional groups attached to an aromatic ring is 1. The van der Waals surface area contributed by atoms with Crippen LogP contribution in [0.2, 0.25) is 0 Å². The van der Waals surface area contributed by atoms with Gasteiger partial charge >= 0.3 is 6.09 Å². The van der Waals surface area contributed by atoms with Gasteiger partial charge in [0.05, 0.1) is 12.2 Å². The highest BCUT2D eigenvalue weighted by molar-refractivity contribution is 5.68. The van der Waals surface area contributed by atoms with Gasteiger partial charge in [0, 0.05) is 13.2 Å². The van der Waals surface area contributed by atoms with Crippen molar-refractivity contribution in [3.05, 3.63) is 23.9 Å². The van der Waals surface area contributed by atoms with E-state index >= 15 is 0 Å². The maximum absolute atomic E-state index is 12.1. The van der Waals surface area contributed by atoms with Crippen molar-refractivity contribution in [2.24, 2.45) is 0 Å². The SMILES string of the molecule is CC(C)(C)OC(=O)N(CCCO)Cc1cccc(N)n1. The molecule has 20 heavy (non-hydrogen) atoms. The fourth-order valence-corrected chi connectivity index (χ4v) is 1.60. The van der Waals surface area contributed by atoms with Crippen LogP contribution in [0.1, 0.15) is 32.9 Å². The average molecular weight is 281 g/mol. The Hall–Kier alpha value is -1.82. The summed E-state index contributed by atoms with van der Waals surface area (Å²) in [6.45, 7) is 6.17. The van der Waals surface area contributed by atoms with Crippen molar-refractivity contribution in [3.63, 3.8) is 0 Å². The van der Waals surface area contributed by atoms with Gasteiger partial charge in [0.15, 0.2) is 0 Å². The first kappa shape index (κ1) is 16.2. The summed E-state index contributed by atoms with van der Waals surface area (Å²) in [7, 11) is 0. The number of anilines is 1. The smallest absolute Gasteiger partial charge is 0.410 e. The zero-order valence-electron chi connectivity index (χ0n) is 12.3. The summed E-state index contributed by atoms with van der Waals surface area (Å²) in [6, 6.07) is 5.28. The number of hydrogen-bond acceptors (Lipinski definition) is 5. The van der Waals surface area contributed by atoms with Crippen LogP contribution in [0, 0.1) is 0 Å². The Morgan fingerprint density at radius 2 is 2.15 bits per heavy atom. The number of hydrogen-bond donors (Lipinski definition) is 2. The van der Waals surface area contributed by atoms with Gasteiger partial charge in [-0.2, -0.15) is 0 Å². The predicted octanol–water partition coefficient (Wildman–Crippen LogP) is 1.78. The zero-order chi connectivity index (χ0) is 15.2. The number of aliphatic hydroxyl groups excluding tert-OH is 1. The highest BCUT2D eigenvalue weighted by Gasteiger charge is 2.22. The first-order valence-corrected chi connectivity index (χ1v) is 6.62. The highest BCUT2D eigenvalue weighted by atomic mass is 16.6. The van der Waals surface area contributed by atoms with Gasteiger partial charge in [-0.3, -0.25) is 0 Å². The van der Waals surface area contributed by atoms with E-state index in [2.05, 4.69) is 4.98 Å². The minimum Gasteiger partial charge on any atom is -0.444 e. The molecule has 0 aliphatic rings. The van der Waals surface area contributed by atoms with E-state index in [1.165, 1.54) is 4.90 Å². The van der Waals surface area contributed by atoms with Crippen LogP contribution >= 0.6 is 0 Å². The molecule has 6 heteroatoms. The lowest BCUT2D eigenvalue weighted by atomic mass is 10.2. The first-order chi connectivity index (χ1) is 9.31. The molecule has 0 atom stereocenters. The third-order valence-electron chi connectivity index (χ3n) is 2.42. The highest BCUT2D eigenvalue weighted by Crippen LogP contribution is 2.13. The lowest BCUT2D eigenvalue weighted by Crippen LogP contribution is -2.37. The maximum Gasteiger partial charge on any atom is 0.410 e. The zero-order valence-corrected chi connectivity index (χ0v) is 12.3. The second-order valence-electron chi connectivity index (χ2n) is 5.53. The Morgan fingerprint density at radius 1 is 1.45 bits per heavy atom. The van der Waals surface area contributed by atoms with Crippen LogP contribution in [0.5, 0.6) is 0 Å². The van der Waals surface area contributed by atoms with Gasteiger partial charge in [0.2, 0.25) is 0 Å². The molecule has 0 spiro atoms. The van der Waals surface area contributed by atoms with Gasteiger partial charge < -0.3 is 20.5 Å². The molecule has 6 nitrogen and oxygen atoms in total. The quantitative estimate of drug-likeness (QED) is 0.859. The normalized spacial score (nSPS) is 11.2. The molecule has 0 unspecified atom stereocenters. The molecule has 1 aromatic heterocycles. The van der Waals surface area contributed by atoms with Crippen molar-refractivity contribution < 1.29 is 14.6 Å². The number of nitrogens with two attached hydrogens (primary N) is 1. The fourth-order valence-electron chi connectivity index (χ4n) is 1.60. The van der Waals surface area contributed by atoms with E-state index in [0.717, 1.165) is 0 Å². The van der Waals surface area contributed by atoms with E-state index in [4.69, 9.17) is 15.6 Å². The number of carbonyl (C=O) groups is 1. The van der Waals surface area contributed by atoms with Crippen LogP contribution in [0.4, 0.5) is 10.6 Å². The van der Waals surface area contributed by atoms with Gasteiger partial charge in [0.25, 0.3) is 0 Å². The van der Waals surface area contributed by atoms with Crippen LogP contribution in [-0.4, -0.2) is 39.8 Å². The fraction of sp³-hybridized carbons (Fsp3) is 0.571. The molecule has 1 amide bonds. The minimum atomic E-state index is -0.558. The molecule has 1 aromatic rings. The van der Waals surface area contributed by atoms with E-state index < -0.39 is 11.7 Å². The van der Waals surface area contributed by atoms with Crippen molar-refractivity contribution in [1.29, 1.82) is 0 Å². The van der Waals surface area contributed by atoms with Crippen molar-refractivity contribution in [2.75, 3.05) is 18.9 Å². The second-order valence-corrected chi connectivity index (χ2v) is 5.53. The lowest BCUT2D eigenvalue weighted by Gasteiger charge is -2.27. The summed E-state index contributed by atoms with van der Waals surface area (Å²) in [4.78, 5) is 17.8. The molecule has 1 rings (SSSR count). The molecule has 0 bridgehead atoms. The van der Waals surface area contributed by atoms with Gasteiger partial charge in [-0.15, -0.1) is 0 Å². The number of nitrogens with zero attached hydrogens (tertiary/aromatic N) is 2. The molecule has 0 saturated carbocycles. The number of aromatic nitrogens is 1. The Morgan fingerprint density at radius 3 is 2.70 bits per heavy atom. The van der Waals surface area contributed by atoms with Gasteiger partial charge in [0.1, 0.15) is 11.4 Å². The summed E-state index contributed by atoms with van der Waals surface area (Å²) in [5, 5.41) is 8.93. The summed E-state index contributed by atoms with van der Waals surface area (Å²) >= 11 is 0. The maximum atomic E-state index is 12.1. The Bertz CT molecular complexity index is 444. The summed E-state index contributed by atoms with van der Waals surface area (Å²) in [5.74, 6) is 0.411. The van der Waals surface area contributed by atoms with Crippen LogP contribution in [0.15, 0.2) is 18.2 Å². The molecule has 0 aliphatic carbocycles. The molecule has 0 saturated heterocycles. The molecule has 3 N–H and O–H groups in total. The minimum absolute atomic E-state index is 0.0175. The van der Waals surface area contributed by atoms with Crippen LogP contribution in [0.25, 0.3) is 0 Å². The molecule has 1 heterocycles. The molecular weight excluding hydrogens is 258 g/mol. The number of carbonyl (C=O) groups excluding carboxylic acids is 1. The number of amides is 1. The molecule has 0 aromatic carbocycles. The molecule has 0 fully saturated rings. The van der Waals surface area contributed by atoms with E-state index in [0.29, 0.717) is 31.0 Å². The Labute approximate surface area is 119 Å². The molecule has 0 aliphatic heterocycles. The third kappa shape index (κ3) is 5.88. The van der Waals surface area contributed by atoms with Gasteiger partial charge in [-0.05, 0) is 39.3 Å². The van der Waals surface area contributed by atoms with Crippen molar-refractivity contribution in [2.45, 2.75) is 39.3 Å². The van der Waals surface area contributed by atoms with Gasteiger partial charge in [-0.25, -0.2) is 9.78 Å². The number of pyridine rings is 1. The molecule has 112 valence electrons. The van der Waals surface area contributed by atoms with E-state index in [1.807, 2.05) is 20.8 Å². The number of ether oxygens (including phenoxy) is 1. The number of aliphatic hydroxyl groups is 1. The van der Waals surface area contributed by atoms with E-state index in [-0.39, 0.29) is 6.61 Å². The third-order valence-corrected chi connectivity index (χ3v) is 2.42. The van der Waals surface area contributed by atoms with Crippen LogP contribution in [-0.2, 0) is 11.3 Å². The van der Waals surface area contributed by atoms with Crippen molar-refractivity contribution >= 4 is 11.9 Å². The van der Waals surface area contributed by atoms with E-state index in [9.17, 15) is 4.79 Å². The Balaban J connectivity index is 2.75. The predicted molar refractivity (Wildman–Crippen MR) is 77.0 cm³/mol. The van der Waals surface area contributed by atoms with Gasteiger partial charge in [-0.1, -0.05) is 6.07 Å². The Kier molecular flexibility index (Phi) is 5.76. The summed E-state index contributed by atoms with van der Waals surface area (Å²) < 4.78 is 5.35. The van der Waals surface area contributed by atoms with Crippen LogP contribution in [0.3, 0.4) is 0 Å². The first-order valence-electron chi connectivity index (χ1n) is 6.62. The van der Waals surface area contributed by atoms with Crippen molar-refractivity contribution in [3.8, 4) is 0 Å².